The number of carbonyl (C=O) groups is 1. The topological polar surface area (TPSA) is 32.3 Å². The standard InChI is InChI=1S/C15H15ClF6N2O/c16-24-3-1-9(2-4-24)5-13(25)23-12-7-10(14(17,18)19)6-11(8-12)15(20,21)22/h6-9H,1-5H2,(H,23,25). The van der Waals surface area contributed by atoms with E-state index < -0.39 is 35.1 Å². The molecule has 1 heterocycles. The molecule has 1 fully saturated rings. The molecule has 0 atom stereocenters. The van der Waals surface area contributed by atoms with E-state index in [1.165, 1.54) is 0 Å². The molecule has 0 radical (unpaired) electrons. The molecule has 140 valence electrons. The van der Waals surface area contributed by atoms with Crippen LogP contribution in [0.15, 0.2) is 18.2 Å². The third-order valence-corrected chi connectivity index (χ3v) is 4.24. The van der Waals surface area contributed by atoms with Gasteiger partial charge in [-0.25, -0.2) is 4.42 Å². The molecule has 0 saturated carbocycles. The Kier molecular flexibility index (Phi) is 5.88. The minimum Gasteiger partial charge on any atom is -0.326 e. The molecule has 0 aliphatic carbocycles. The first-order valence-electron chi connectivity index (χ1n) is 7.45. The lowest BCUT2D eigenvalue weighted by Gasteiger charge is -2.26. The van der Waals surface area contributed by atoms with Gasteiger partial charge in [0.1, 0.15) is 0 Å². The minimum absolute atomic E-state index is 0.0112. The second kappa shape index (κ2) is 7.41. The fourth-order valence-corrected chi connectivity index (χ4v) is 2.80. The predicted octanol–water partition coefficient (Wildman–Crippen LogP) is 4.92. The van der Waals surface area contributed by atoms with Gasteiger partial charge in [-0.1, -0.05) is 0 Å². The first-order chi connectivity index (χ1) is 11.4. The van der Waals surface area contributed by atoms with Crippen LogP contribution in [0.1, 0.15) is 30.4 Å². The lowest BCUT2D eigenvalue weighted by molar-refractivity contribution is -0.143. The SMILES string of the molecule is O=C(CC1CCN(Cl)CC1)Nc1cc(C(F)(F)F)cc(C(F)(F)F)c1. The van der Waals surface area contributed by atoms with Gasteiger partial charge in [-0.05, 0) is 48.7 Å². The van der Waals surface area contributed by atoms with Crippen molar-refractivity contribution in [3.63, 3.8) is 0 Å². The number of alkyl halides is 6. The summed E-state index contributed by atoms with van der Waals surface area (Å²) in [7, 11) is 0. The van der Waals surface area contributed by atoms with Gasteiger partial charge in [0, 0.05) is 25.2 Å². The van der Waals surface area contributed by atoms with Crippen LogP contribution in [0.5, 0.6) is 0 Å². The number of anilines is 1. The van der Waals surface area contributed by atoms with Crippen LogP contribution >= 0.6 is 11.8 Å². The summed E-state index contributed by atoms with van der Waals surface area (Å²) in [6, 6.07) is 1.01. The number of amides is 1. The van der Waals surface area contributed by atoms with Crippen LogP contribution in [0.25, 0.3) is 0 Å². The van der Waals surface area contributed by atoms with Crippen LogP contribution < -0.4 is 5.32 Å². The van der Waals surface area contributed by atoms with E-state index in [4.69, 9.17) is 11.8 Å². The summed E-state index contributed by atoms with van der Waals surface area (Å²) >= 11 is 5.79. The summed E-state index contributed by atoms with van der Waals surface area (Å²) in [6.45, 7) is 1.14. The molecule has 2 rings (SSSR count). The van der Waals surface area contributed by atoms with E-state index in [1.54, 1.807) is 4.42 Å². The molecule has 0 spiro atoms. The van der Waals surface area contributed by atoms with E-state index in [9.17, 15) is 31.1 Å². The monoisotopic (exact) mass is 388 g/mol. The summed E-state index contributed by atoms with van der Waals surface area (Å²) in [6.07, 6.45) is -8.62. The number of hydrogen-bond donors (Lipinski definition) is 1. The van der Waals surface area contributed by atoms with Gasteiger partial charge >= 0.3 is 12.4 Å². The van der Waals surface area contributed by atoms with Gasteiger partial charge in [-0.15, -0.1) is 0 Å². The zero-order chi connectivity index (χ0) is 18.8. The smallest absolute Gasteiger partial charge is 0.326 e. The largest absolute Gasteiger partial charge is 0.416 e. The Morgan fingerprint density at radius 3 is 1.96 bits per heavy atom. The molecule has 1 aromatic carbocycles. The van der Waals surface area contributed by atoms with Crippen LogP contribution in [-0.2, 0) is 17.1 Å². The third-order valence-electron chi connectivity index (χ3n) is 3.91. The summed E-state index contributed by atoms with van der Waals surface area (Å²) in [4.78, 5) is 12.0. The number of piperidine rings is 1. The normalized spacial score (nSPS) is 17.6. The van der Waals surface area contributed by atoms with Gasteiger partial charge in [0.15, 0.2) is 0 Å². The number of nitrogens with one attached hydrogen (secondary N) is 1. The van der Waals surface area contributed by atoms with Gasteiger partial charge in [0.25, 0.3) is 0 Å². The Balaban J connectivity index is 2.13. The Morgan fingerprint density at radius 1 is 1.04 bits per heavy atom. The number of benzene rings is 1. The molecule has 1 aromatic rings. The van der Waals surface area contributed by atoms with E-state index >= 15 is 0 Å². The van der Waals surface area contributed by atoms with Crippen LogP contribution in [0, 0.1) is 5.92 Å². The molecule has 25 heavy (non-hydrogen) atoms. The van der Waals surface area contributed by atoms with Crippen molar-refractivity contribution in [1.29, 1.82) is 0 Å². The maximum Gasteiger partial charge on any atom is 0.416 e. The van der Waals surface area contributed by atoms with Crippen LogP contribution in [0.3, 0.4) is 0 Å². The maximum atomic E-state index is 12.8. The van der Waals surface area contributed by atoms with Crippen molar-refractivity contribution in [2.75, 3.05) is 18.4 Å². The molecule has 0 unspecified atom stereocenters. The molecule has 1 saturated heterocycles. The van der Waals surface area contributed by atoms with Crippen molar-refractivity contribution in [1.82, 2.24) is 4.42 Å². The van der Waals surface area contributed by atoms with Crippen LogP contribution in [-0.4, -0.2) is 23.4 Å². The number of halogens is 7. The third kappa shape index (κ3) is 5.78. The summed E-state index contributed by atoms with van der Waals surface area (Å²) in [5.41, 5.74) is -3.46. The van der Waals surface area contributed by atoms with Crippen molar-refractivity contribution in [3.05, 3.63) is 29.3 Å². The van der Waals surface area contributed by atoms with Gasteiger partial charge < -0.3 is 5.32 Å². The van der Waals surface area contributed by atoms with Gasteiger partial charge in [0.05, 0.1) is 11.1 Å². The molecule has 10 heteroatoms. The number of rotatable bonds is 3. The molecule has 1 aliphatic heterocycles. The lowest BCUT2D eigenvalue weighted by atomic mass is 9.94. The molecule has 1 aliphatic rings. The second-order valence-corrected chi connectivity index (χ2v) is 6.38. The van der Waals surface area contributed by atoms with Gasteiger partial charge in [0.2, 0.25) is 5.91 Å². The average molecular weight is 389 g/mol. The lowest BCUT2D eigenvalue weighted by Crippen LogP contribution is -2.29. The Bertz CT molecular complexity index is 591. The molecule has 0 bridgehead atoms. The Morgan fingerprint density at radius 2 is 1.52 bits per heavy atom. The van der Waals surface area contributed by atoms with Crippen molar-refractivity contribution in [3.8, 4) is 0 Å². The van der Waals surface area contributed by atoms with Crippen LogP contribution in [0.2, 0.25) is 0 Å². The maximum absolute atomic E-state index is 12.8. The first-order valence-corrected chi connectivity index (χ1v) is 7.79. The highest BCUT2D eigenvalue weighted by Gasteiger charge is 2.37. The molecular formula is C15H15ClF6N2O. The van der Waals surface area contributed by atoms with Gasteiger partial charge in [-0.2, -0.15) is 26.3 Å². The second-order valence-electron chi connectivity index (χ2n) is 5.90. The number of carbonyl (C=O) groups excluding carboxylic acids is 1. The highest BCUT2D eigenvalue weighted by atomic mass is 35.5. The zero-order valence-corrected chi connectivity index (χ0v) is 13.6. The number of hydrogen-bond acceptors (Lipinski definition) is 2. The Hall–Kier alpha value is -1.48. The summed E-state index contributed by atoms with van der Waals surface area (Å²) < 4.78 is 78.3. The first kappa shape index (κ1) is 19.8. The van der Waals surface area contributed by atoms with E-state index in [0.29, 0.717) is 38.1 Å². The Labute approximate surface area is 145 Å². The summed E-state index contributed by atoms with van der Waals surface area (Å²) in [5, 5.41) is 2.14. The number of nitrogens with zero attached hydrogens (tertiary/aromatic N) is 1. The molecule has 1 N–H and O–H groups in total. The van der Waals surface area contributed by atoms with Crippen LogP contribution in [0.4, 0.5) is 32.0 Å². The quantitative estimate of drug-likeness (QED) is 0.589. The van der Waals surface area contributed by atoms with Gasteiger partial charge in [-0.3, -0.25) is 4.79 Å². The summed E-state index contributed by atoms with van der Waals surface area (Å²) in [5.74, 6) is -0.636. The molecule has 0 aromatic heterocycles. The highest BCUT2D eigenvalue weighted by molar-refractivity contribution is 6.13. The zero-order valence-electron chi connectivity index (χ0n) is 12.8. The molecular weight excluding hydrogens is 374 g/mol. The minimum atomic E-state index is -4.95. The van der Waals surface area contributed by atoms with E-state index in [1.807, 2.05) is 0 Å². The molecule has 3 nitrogen and oxygen atoms in total. The van der Waals surface area contributed by atoms with Crippen molar-refractivity contribution in [2.45, 2.75) is 31.6 Å². The van der Waals surface area contributed by atoms with Crippen molar-refractivity contribution in [2.24, 2.45) is 5.92 Å². The fourth-order valence-electron chi connectivity index (χ4n) is 2.61. The van der Waals surface area contributed by atoms with E-state index in [0.717, 1.165) is 0 Å². The van der Waals surface area contributed by atoms with Crippen molar-refractivity contribution >= 4 is 23.4 Å². The van der Waals surface area contributed by atoms with E-state index in [2.05, 4.69) is 5.32 Å². The molecule has 1 amide bonds. The van der Waals surface area contributed by atoms with E-state index in [-0.39, 0.29) is 18.4 Å². The predicted molar refractivity (Wildman–Crippen MR) is 79.8 cm³/mol. The van der Waals surface area contributed by atoms with Crippen molar-refractivity contribution < 1.29 is 31.1 Å². The highest BCUT2D eigenvalue weighted by Crippen LogP contribution is 2.37. The average Bonchev–Trinajstić information content (AvgIpc) is 2.47. The fraction of sp³-hybridized carbons (Fsp3) is 0.533.